The van der Waals surface area contributed by atoms with E-state index in [9.17, 15) is 5.11 Å². The lowest BCUT2D eigenvalue weighted by Gasteiger charge is -2.11. The van der Waals surface area contributed by atoms with E-state index >= 15 is 0 Å². The van der Waals surface area contributed by atoms with E-state index in [1.165, 1.54) is 0 Å². The number of rotatable bonds is 3. The monoisotopic (exact) mass is 281 g/mol. The molecule has 4 heteroatoms. The van der Waals surface area contributed by atoms with Crippen molar-refractivity contribution in [2.24, 2.45) is 0 Å². The summed E-state index contributed by atoms with van der Waals surface area (Å²) in [6.45, 7) is 6.65. The van der Waals surface area contributed by atoms with E-state index in [0.717, 1.165) is 33.8 Å². The van der Waals surface area contributed by atoms with Crippen molar-refractivity contribution in [3.05, 3.63) is 59.0 Å². The summed E-state index contributed by atoms with van der Waals surface area (Å²) in [5, 5.41) is 13.4. The molecule has 0 saturated heterocycles. The lowest BCUT2D eigenvalue weighted by Crippen LogP contribution is -2.03. The number of imidazole rings is 1. The predicted molar refractivity (Wildman–Crippen MR) is 84.8 cm³/mol. The van der Waals surface area contributed by atoms with Crippen LogP contribution in [-0.2, 0) is 6.54 Å². The van der Waals surface area contributed by atoms with E-state index in [0.29, 0.717) is 12.3 Å². The highest BCUT2D eigenvalue weighted by Crippen LogP contribution is 2.24. The van der Waals surface area contributed by atoms with Crippen LogP contribution in [-0.4, -0.2) is 14.5 Å². The molecule has 0 aliphatic heterocycles. The minimum atomic E-state index is 0.324. The molecule has 3 rings (SSSR count). The van der Waals surface area contributed by atoms with Crippen LogP contribution in [0.4, 0.5) is 5.69 Å². The number of phenolic OH excluding ortho intramolecular Hbond substituents is 1. The SMILES string of the molecule is Cc1cccc(O)c1CNc1cccn2c(C)c(C)nc12. The number of hydrogen-bond donors (Lipinski definition) is 2. The predicted octanol–water partition coefficient (Wildman–Crippen LogP) is 3.58. The van der Waals surface area contributed by atoms with Crippen LogP contribution in [0.25, 0.3) is 5.65 Å². The first-order chi connectivity index (χ1) is 10.1. The fourth-order valence-electron chi connectivity index (χ4n) is 2.54. The summed E-state index contributed by atoms with van der Waals surface area (Å²) in [5.41, 5.74) is 6.05. The van der Waals surface area contributed by atoms with E-state index in [1.807, 2.05) is 44.3 Å². The average molecular weight is 281 g/mol. The molecule has 3 aromatic rings. The van der Waals surface area contributed by atoms with Gasteiger partial charge in [-0.1, -0.05) is 12.1 Å². The van der Waals surface area contributed by atoms with Gasteiger partial charge in [-0.15, -0.1) is 0 Å². The molecule has 0 bridgehead atoms. The zero-order valence-electron chi connectivity index (χ0n) is 12.5. The highest BCUT2D eigenvalue weighted by Gasteiger charge is 2.09. The maximum Gasteiger partial charge on any atom is 0.160 e. The number of hydrogen-bond acceptors (Lipinski definition) is 3. The van der Waals surface area contributed by atoms with Crippen LogP contribution in [0.3, 0.4) is 0 Å². The summed E-state index contributed by atoms with van der Waals surface area (Å²) < 4.78 is 2.08. The molecule has 108 valence electrons. The van der Waals surface area contributed by atoms with Gasteiger partial charge in [-0.25, -0.2) is 4.98 Å². The first kappa shape index (κ1) is 13.5. The fourth-order valence-corrected chi connectivity index (χ4v) is 2.54. The minimum Gasteiger partial charge on any atom is -0.508 e. The van der Waals surface area contributed by atoms with Gasteiger partial charge in [0.1, 0.15) is 5.75 Å². The number of pyridine rings is 1. The number of fused-ring (bicyclic) bond motifs is 1. The number of aryl methyl sites for hydroxylation is 3. The summed E-state index contributed by atoms with van der Waals surface area (Å²) in [5.74, 6) is 0.324. The van der Waals surface area contributed by atoms with E-state index in [1.54, 1.807) is 6.07 Å². The zero-order valence-corrected chi connectivity index (χ0v) is 12.5. The van der Waals surface area contributed by atoms with Crippen LogP contribution < -0.4 is 5.32 Å². The van der Waals surface area contributed by atoms with E-state index in [2.05, 4.69) is 21.6 Å². The van der Waals surface area contributed by atoms with Crippen molar-refractivity contribution in [3.8, 4) is 5.75 Å². The Balaban J connectivity index is 1.94. The molecular formula is C17H19N3O. The van der Waals surface area contributed by atoms with Gasteiger partial charge in [-0.05, 0) is 44.5 Å². The topological polar surface area (TPSA) is 49.6 Å². The third-order valence-corrected chi connectivity index (χ3v) is 3.97. The van der Waals surface area contributed by atoms with E-state index in [4.69, 9.17) is 0 Å². The normalized spacial score (nSPS) is 11.0. The van der Waals surface area contributed by atoms with Gasteiger partial charge >= 0.3 is 0 Å². The quantitative estimate of drug-likeness (QED) is 0.771. The Bertz CT molecular complexity index is 785. The van der Waals surface area contributed by atoms with Crippen LogP contribution >= 0.6 is 0 Å². The molecule has 0 spiro atoms. The third kappa shape index (κ3) is 2.33. The molecule has 0 fully saturated rings. The smallest absolute Gasteiger partial charge is 0.160 e. The highest BCUT2D eigenvalue weighted by atomic mass is 16.3. The lowest BCUT2D eigenvalue weighted by atomic mass is 10.1. The Morgan fingerprint density at radius 1 is 1.14 bits per heavy atom. The molecular weight excluding hydrogens is 262 g/mol. The molecule has 2 aromatic heterocycles. The molecule has 0 unspecified atom stereocenters. The largest absolute Gasteiger partial charge is 0.508 e. The average Bonchev–Trinajstić information content (AvgIpc) is 2.75. The van der Waals surface area contributed by atoms with Crippen molar-refractivity contribution in [2.75, 3.05) is 5.32 Å². The molecule has 0 amide bonds. The summed E-state index contributed by atoms with van der Waals surface area (Å²) in [6, 6.07) is 9.59. The Morgan fingerprint density at radius 2 is 1.95 bits per heavy atom. The summed E-state index contributed by atoms with van der Waals surface area (Å²) in [4.78, 5) is 4.61. The number of aromatic hydroxyl groups is 1. The molecule has 4 nitrogen and oxygen atoms in total. The minimum absolute atomic E-state index is 0.324. The number of nitrogens with zero attached hydrogens (tertiary/aromatic N) is 2. The number of nitrogens with one attached hydrogen (secondary N) is 1. The van der Waals surface area contributed by atoms with Gasteiger partial charge in [0.25, 0.3) is 0 Å². The zero-order chi connectivity index (χ0) is 15.0. The summed E-state index contributed by atoms with van der Waals surface area (Å²) in [6.07, 6.45) is 2.01. The van der Waals surface area contributed by atoms with Gasteiger partial charge < -0.3 is 14.8 Å². The molecule has 0 radical (unpaired) electrons. The van der Waals surface area contributed by atoms with Crippen molar-refractivity contribution in [2.45, 2.75) is 27.3 Å². The number of benzene rings is 1. The van der Waals surface area contributed by atoms with Crippen molar-refractivity contribution in [1.82, 2.24) is 9.38 Å². The maximum absolute atomic E-state index is 9.97. The van der Waals surface area contributed by atoms with Crippen molar-refractivity contribution >= 4 is 11.3 Å². The van der Waals surface area contributed by atoms with Crippen LogP contribution in [0.2, 0.25) is 0 Å². The standard InChI is InChI=1S/C17H19N3O/c1-11-6-4-8-16(21)14(11)10-18-15-7-5-9-20-13(3)12(2)19-17(15)20/h4-9,18,21H,10H2,1-3H3. The van der Waals surface area contributed by atoms with Gasteiger partial charge in [0.15, 0.2) is 5.65 Å². The van der Waals surface area contributed by atoms with Crippen LogP contribution in [0.15, 0.2) is 36.5 Å². The molecule has 0 aliphatic rings. The molecule has 21 heavy (non-hydrogen) atoms. The van der Waals surface area contributed by atoms with Gasteiger partial charge in [-0.2, -0.15) is 0 Å². The second kappa shape index (κ2) is 5.13. The Kier molecular flexibility index (Phi) is 3.29. The van der Waals surface area contributed by atoms with Crippen molar-refractivity contribution in [1.29, 1.82) is 0 Å². The van der Waals surface area contributed by atoms with Gasteiger partial charge in [0.2, 0.25) is 0 Å². The van der Waals surface area contributed by atoms with Crippen LogP contribution in [0.1, 0.15) is 22.5 Å². The number of aromatic nitrogens is 2. The lowest BCUT2D eigenvalue weighted by molar-refractivity contribution is 0.468. The second-order valence-corrected chi connectivity index (χ2v) is 5.32. The number of anilines is 1. The van der Waals surface area contributed by atoms with Gasteiger partial charge in [0.05, 0.1) is 11.4 Å². The Morgan fingerprint density at radius 3 is 2.71 bits per heavy atom. The van der Waals surface area contributed by atoms with Gasteiger partial charge in [-0.3, -0.25) is 0 Å². The molecule has 2 N–H and O–H groups in total. The van der Waals surface area contributed by atoms with Crippen LogP contribution in [0.5, 0.6) is 5.75 Å². The molecule has 2 heterocycles. The molecule has 0 atom stereocenters. The number of phenols is 1. The molecule has 1 aromatic carbocycles. The van der Waals surface area contributed by atoms with Crippen LogP contribution in [0, 0.1) is 20.8 Å². The highest BCUT2D eigenvalue weighted by molar-refractivity contribution is 5.68. The third-order valence-electron chi connectivity index (χ3n) is 3.97. The Labute approximate surface area is 124 Å². The van der Waals surface area contributed by atoms with Crippen molar-refractivity contribution < 1.29 is 5.11 Å². The molecule has 0 saturated carbocycles. The summed E-state index contributed by atoms with van der Waals surface area (Å²) >= 11 is 0. The van der Waals surface area contributed by atoms with E-state index < -0.39 is 0 Å². The summed E-state index contributed by atoms with van der Waals surface area (Å²) in [7, 11) is 0. The molecule has 0 aliphatic carbocycles. The van der Waals surface area contributed by atoms with Gasteiger partial charge in [0, 0.05) is 24.0 Å². The first-order valence-corrected chi connectivity index (χ1v) is 7.03. The maximum atomic E-state index is 9.97. The second-order valence-electron chi connectivity index (χ2n) is 5.32. The Hall–Kier alpha value is -2.49. The first-order valence-electron chi connectivity index (χ1n) is 7.03. The fraction of sp³-hybridized carbons (Fsp3) is 0.235. The van der Waals surface area contributed by atoms with E-state index in [-0.39, 0.29) is 0 Å². The van der Waals surface area contributed by atoms with Crippen molar-refractivity contribution in [3.63, 3.8) is 0 Å².